The number of fused-ring (bicyclic) bond motifs is 1. The van der Waals surface area contributed by atoms with Crippen molar-refractivity contribution in [2.45, 2.75) is 27.8 Å². The Bertz CT molecular complexity index is 1130. The van der Waals surface area contributed by atoms with Gasteiger partial charge in [0.2, 0.25) is 0 Å². The molecule has 0 unspecified atom stereocenters. The topological polar surface area (TPSA) is 59.3 Å². The number of rotatable bonds is 4. The highest BCUT2D eigenvalue weighted by molar-refractivity contribution is 9.10. The molecule has 3 heterocycles. The molecule has 0 aliphatic carbocycles. The number of amides is 1. The number of nitrogens with one attached hydrogen (secondary N) is 1. The van der Waals surface area contributed by atoms with Crippen molar-refractivity contribution in [2.75, 3.05) is 0 Å². The summed E-state index contributed by atoms with van der Waals surface area (Å²) in [5.41, 5.74) is 2.92. The van der Waals surface area contributed by atoms with Gasteiger partial charge in [0.05, 0.1) is 17.3 Å². The van der Waals surface area contributed by atoms with Gasteiger partial charge in [-0.15, -0.1) is 0 Å². The maximum absolute atomic E-state index is 13.2. The summed E-state index contributed by atoms with van der Waals surface area (Å²) in [5, 5.41) is 2.91. The number of pyridine rings is 2. The fourth-order valence-corrected chi connectivity index (χ4v) is 3.27. The highest BCUT2D eigenvalue weighted by atomic mass is 79.9. The number of benzene rings is 1. The lowest BCUT2D eigenvalue weighted by molar-refractivity contribution is 0.0952. The smallest absolute Gasteiger partial charge is 0.253 e. The number of aromatic nitrogens is 3. The van der Waals surface area contributed by atoms with E-state index in [2.05, 4.69) is 31.2 Å². The molecule has 1 N–H and O–H groups in total. The van der Waals surface area contributed by atoms with Crippen LogP contribution in [0.2, 0.25) is 0 Å². The molecule has 0 fully saturated rings. The van der Waals surface area contributed by atoms with Gasteiger partial charge in [-0.1, -0.05) is 21.3 Å². The average Bonchev–Trinajstić information content (AvgIpc) is 3.18. The number of carbonyl (C=O) groups excluding carboxylic acids is 1. The van der Waals surface area contributed by atoms with Crippen LogP contribution in [0, 0.1) is 5.82 Å². The van der Waals surface area contributed by atoms with Gasteiger partial charge < -0.3 is 5.32 Å². The quantitative estimate of drug-likeness (QED) is 0.378. The van der Waals surface area contributed by atoms with E-state index in [9.17, 15) is 9.18 Å². The lowest BCUT2D eigenvalue weighted by atomic mass is 10.2. The lowest BCUT2D eigenvalue weighted by Gasteiger charge is -2.08. The molecule has 0 radical (unpaired) electrons. The highest BCUT2D eigenvalue weighted by Gasteiger charge is 2.14. The van der Waals surface area contributed by atoms with Crippen LogP contribution in [0.3, 0.4) is 0 Å². The van der Waals surface area contributed by atoms with Crippen molar-refractivity contribution in [2.24, 2.45) is 0 Å². The summed E-state index contributed by atoms with van der Waals surface area (Å²) in [5.74, 6) is 0.152. The fraction of sp³-hybridized carbons (Fsp3) is 0.174. The number of imidazole rings is 1. The van der Waals surface area contributed by atoms with Crippen LogP contribution < -0.4 is 5.32 Å². The zero-order valence-corrected chi connectivity index (χ0v) is 17.6. The van der Waals surface area contributed by atoms with Gasteiger partial charge in [0, 0.05) is 24.5 Å². The minimum Gasteiger partial charge on any atom is -0.348 e. The van der Waals surface area contributed by atoms with E-state index < -0.39 is 0 Å². The molecule has 4 aromatic rings. The third kappa shape index (κ3) is 5.10. The maximum Gasteiger partial charge on any atom is 0.253 e. The second-order valence-electron chi connectivity index (χ2n) is 5.94. The molecule has 0 aliphatic rings. The average molecular weight is 471 g/mol. The van der Waals surface area contributed by atoms with Crippen molar-refractivity contribution in [3.8, 4) is 11.4 Å². The molecule has 0 spiro atoms. The summed E-state index contributed by atoms with van der Waals surface area (Å²) in [7, 11) is 0. The van der Waals surface area contributed by atoms with Gasteiger partial charge in [-0.3, -0.25) is 9.20 Å². The molecular formula is C23H24BrFN4O. The normalized spacial score (nSPS) is 10.0. The second-order valence-corrected chi connectivity index (χ2v) is 6.75. The Morgan fingerprint density at radius 3 is 2.57 bits per heavy atom. The number of carbonyl (C=O) groups is 1. The van der Waals surface area contributed by atoms with Gasteiger partial charge in [0.25, 0.3) is 5.91 Å². The third-order valence-electron chi connectivity index (χ3n) is 4.16. The predicted molar refractivity (Wildman–Crippen MR) is 122 cm³/mol. The highest BCUT2D eigenvalue weighted by Crippen LogP contribution is 2.22. The predicted octanol–water partition coefficient (Wildman–Crippen LogP) is 5.89. The van der Waals surface area contributed by atoms with Crippen molar-refractivity contribution < 1.29 is 9.18 Å². The molecule has 7 heteroatoms. The SMILES string of the molecule is C.CC.O=C(NCc1ccnc(Br)c1)c1cccn2c(-c3ccc(F)cc3)ncc12. The van der Waals surface area contributed by atoms with Gasteiger partial charge in [0.1, 0.15) is 16.2 Å². The summed E-state index contributed by atoms with van der Waals surface area (Å²) in [6.45, 7) is 4.39. The molecule has 156 valence electrons. The van der Waals surface area contributed by atoms with E-state index in [0.717, 1.165) is 15.7 Å². The molecule has 0 bridgehead atoms. The van der Waals surface area contributed by atoms with E-state index in [4.69, 9.17) is 0 Å². The summed E-state index contributed by atoms with van der Waals surface area (Å²) < 4.78 is 15.7. The zero-order chi connectivity index (χ0) is 20.8. The lowest BCUT2D eigenvalue weighted by Crippen LogP contribution is -2.23. The number of nitrogens with zero attached hydrogens (tertiary/aromatic N) is 3. The van der Waals surface area contributed by atoms with E-state index in [1.807, 2.05) is 36.6 Å². The van der Waals surface area contributed by atoms with E-state index in [1.54, 1.807) is 36.7 Å². The van der Waals surface area contributed by atoms with Crippen molar-refractivity contribution in [3.63, 3.8) is 0 Å². The molecule has 0 aliphatic heterocycles. The summed E-state index contributed by atoms with van der Waals surface area (Å²) >= 11 is 3.32. The molecular weight excluding hydrogens is 447 g/mol. The Hall–Kier alpha value is -3.06. The van der Waals surface area contributed by atoms with Crippen LogP contribution in [0.4, 0.5) is 4.39 Å². The molecule has 0 atom stereocenters. The fourth-order valence-electron chi connectivity index (χ4n) is 2.86. The Morgan fingerprint density at radius 1 is 1.13 bits per heavy atom. The first kappa shape index (κ1) is 23.2. The van der Waals surface area contributed by atoms with Gasteiger partial charge >= 0.3 is 0 Å². The Morgan fingerprint density at radius 2 is 1.87 bits per heavy atom. The molecule has 5 nitrogen and oxygen atoms in total. The summed E-state index contributed by atoms with van der Waals surface area (Å²) in [6, 6.07) is 13.3. The maximum atomic E-state index is 13.2. The van der Waals surface area contributed by atoms with E-state index in [-0.39, 0.29) is 19.2 Å². The van der Waals surface area contributed by atoms with Crippen LogP contribution in [0.5, 0.6) is 0 Å². The van der Waals surface area contributed by atoms with Crippen molar-refractivity contribution in [3.05, 3.63) is 88.7 Å². The number of halogens is 2. The minimum absolute atomic E-state index is 0. The van der Waals surface area contributed by atoms with E-state index in [1.165, 1.54) is 12.1 Å². The molecule has 1 aromatic carbocycles. The molecule has 0 saturated heterocycles. The molecule has 3 aromatic heterocycles. The van der Waals surface area contributed by atoms with Crippen LogP contribution in [0.15, 0.2) is 71.7 Å². The van der Waals surface area contributed by atoms with Crippen LogP contribution in [0.1, 0.15) is 37.2 Å². The first-order valence-corrected chi connectivity index (χ1v) is 10.0. The summed E-state index contributed by atoms with van der Waals surface area (Å²) in [6.07, 6.45) is 5.16. The Balaban J connectivity index is 0.00000104. The molecule has 0 saturated carbocycles. The van der Waals surface area contributed by atoms with Gasteiger partial charge in [-0.2, -0.15) is 0 Å². The van der Waals surface area contributed by atoms with Crippen molar-refractivity contribution in [1.82, 2.24) is 19.7 Å². The van der Waals surface area contributed by atoms with E-state index in [0.29, 0.717) is 23.4 Å². The number of hydrogen-bond donors (Lipinski definition) is 1. The van der Waals surface area contributed by atoms with Gasteiger partial charge in [-0.05, 0) is 70.0 Å². The van der Waals surface area contributed by atoms with E-state index >= 15 is 0 Å². The Labute approximate surface area is 184 Å². The van der Waals surface area contributed by atoms with Gasteiger partial charge in [0.15, 0.2) is 0 Å². The van der Waals surface area contributed by atoms with Crippen LogP contribution in [0.25, 0.3) is 16.9 Å². The third-order valence-corrected chi connectivity index (χ3v) is 4.60. The number of hydrogen-bond acceptors (Lipinski definition) is 3. The van der Waals surface area contributed by atoms with Crippen LogP contribution in [-0.4, -0.2) is 20.3 Å². The minimum atomic E-state index is -0.303. The monoisotopic (exact) mass is 470 g/mol. The molecule has 30 heavy (non-hydrogen) atoms. The van der Waals surface area contributed by atoms with Crippen molar-refractivity contribution >= 4 is 27.4 Å². The largest absolute Gasteiger partial charge is 0.348 e. The van der Waals surface area contributed by atoms with Crippen LogP contribution in [-0.2, 0) is 6.54 Å². The standard InChI is InChI=1S/C20H14BrFN4O.C2H6.CH4/c21-18-10-13(7-8-23-18)11-25-20(27)16-2-1-9-26-17(16)12-24-19(26)14-3-5-15(22)6-4-14;1-2;/h1-10,12H,11H2,(H,25,27);1-2H3;1H4. The molecule has 4 rings (SSSR count). The first-order valence-electron chi connectivity index (χ1n) is 9.22. The van der Waals surface area contributed by atoms with Gasteiger partial charge in [-0.25, -0.2) is 14.4 Å². The summed E-state index contributed by atoms with van der Waals surface area (Å²) in [4.78, 5) is 21.2. The first-order chi connectivity index (χ1) is 14.1. The van der Waals surface area contributed by atoms with Crippen LogP contribution >= 0.6 is 15.9 Å². The van der Waals surface area contributed by atoms with Crippen molar-refractivity contribution in [1.29, 1.82) is 0 Å². The molecule has 1 amide bonds. The zero-order valence-electron chi connectivity index (χ0n) is 16.1. The Kier molecular flexibility index (Phi) is 8.24. The second kappa shape index (κ2) is 10.6.